The van der Waals surface area contributed by atoms with Crippen molar-refractivity contribution in [2.45, 2.75) is 38.6 Å². The molecule has 11 heteroatoms. The molecule has 37 heavy (non-hydrogen) atoms. The minimum atomic E-state index is -0.0660. The molecule has 6 heterocycles. The Morgan fingerprint density at radius 3 is 2.76 bits per heavy atom. The molecule has 1 aliphatic rings. The van der Waals surface area contributed by atoms with Crippen molar-refractivity contribution >= 4 is 39.7 Å². The van der Waals surface area contributed by atoms with E-state index in [0.29, 0.717) is 46.4 Å². The second-order valence-corrected chi connectivity index (χ2v) is 10.2. The maximum Gasteiger partial charge on any atom is 0.213 e. The van der Waals surface area contributed by atoms with Crippen LogP contribution in [0.3, 0.4) is 0 Å². The van der Waals surface area contributed by atoms with Crippen LogP contribution in [0.2, 0.25) is 0 Å². The zero-order valence-corrected chi connectivity index (χ0v) is 21.1. The number of ether oxygens (including phenoxy) is 2. The number of nitrogens with one attached hydrogen (secondary N) is 2. The van der Waals surface area contributed by atoms with Gasteiger partial charge in [-0.05, 0) is 12.5 Å². The Morgan fingerprint density at radius 2 is 2.00 bits per heavy atom. The van der Waals surface area contributed by atoms with Gasteiger partial charge in [-0.3, -0.25) is 4.68 Å². The number of rotatable bonds is 5. The van der Waals surface area contributed by atoms with E-state index >= 15 is 0 Å². The van der Waals surface area contributed by atoms with Gasteiger partial charge in [0.2, 0.25) is 11.6 Å². The van der Waals surface area contributed by atoms with Crippen molar-refractivity contribution in [1.82, 2.24) is 34.3 Å². The van der Waals surface area contributed by atoms with Crippen molar-refractivity contribution in [1.29, 1.82) is 0 Å². The van der Waals surface area contributed by atoms with Gasteiger partial charge in [0.05, 0.1) is 37.1 Å². The van der Waals surface area contributed by atoms with Crippen LogP contribution in [0.5, 0.6) is 11.5 Å². The smallest absolute Gasteiger partial charge is 0.213 e. The molecule has 0 aromatic carbocycles. The molecule has 2 N–H and O–H groups in total. The van der Waals surface area contributed by atoms with Gasteiger partial charge in [0.1, 0.15) is 17.1 Å². The van der Waals surface area contributed by atoms with Crippen molar-refractivity contribution < 1.29 is 9.47 Å². The third-order valence-electron chi connectivity index (χ3n) is 6.55. The largest absolute Gasteiger partial charge is 0.454 e. The first-order valence-electron chi connectivity index (χ1n) is 12.1. The fraction of sp³-hybridized carbons (Fsp3) is 0.346. The Kier molecular flexibility index (Phi) is 5.35. The second kappa shape index (κ2) is 8.60. The van der Waals surface area contributed by atoms with Crippen LogP contribution in [-0.4, -0.2) is 47.5 Å². The Hall–Kier alpha value is -4.43. The SMILES string of the molecule is [C-]#[N+]c1c[nH]c2ncc(Oc3cnc4nc(Nc5cc(C(C)(C)C)n([C@@H]6CCOC6)n5)n(C)c4c3)cc12. The molecule has 0 bridgehead atoms. The standard InChI is InChI=1S/C26H27N9O2/c1-26(2,3)21-10-22(33-35(21)15-6-7-36-14-15)31-25-32-24-20(34(25)5)9-17(12-29-24)37-16-8-18-19(27-4)13-30-23(18)28-11-16/h8-13,15H,6-7,14H2,1-3,5H3,(H,28,30)(H,29,31,32,33)/t15-/m1/s1. The molecule has 5 aromatic rings. The molecule has 0 unspecified atom stereocenters. The summed E-state index contributed by atoms with van der Waals surface area (Å²) in [6.45, 7) is 15.3. The lowest BCUT2D eigenvalue weighted by atomic mass is 9.91. The third kappa shape index (κ3) is 4.15. The number of aryl methyl sites for hydroxylation is 1. The van der Waals surface area contributed by atoms with Crippen molar-refractivity contribution in [3.63, 3.8) is 0 Å². The summed E-state index contributed by atoms with van der Waals surface area (Å²) in [5.74, 6) is 2.43. The fourth-order valence-corrected chi connectivity index (χ4v) is 4.60. The molecule has 0 saturated carbocycles. The monoisotopic (exact) mass is 497 g/mol. The Bertz CT molecular complexity index is 1660. The first-order chi connectivity index (χ1) is 17.8. The van der Waals surface area contributed by atoms with E-state index in [1.165, 1.54) is 0 Å². The van der Waals surface area contributed by atoms with Gasteiger partial charge in [0.15, 0.2) is 11.5 Å². The van der Waals surface area contributed by atoms with Gasteiger partial charge < -0.3 is 24.3 Å². The Labute approximate surface area is 213 Å². The van der Waals surface area contributed by atoms with Crippen LogP contribution in [0.1, 0.15) is 38.9 Å². The number of anilines is 2. The molecular formula is C26H27N9O2. The highest BCUT2D eigenvalue weighted by Crippen LogP contribution is 2.33. The van der Waals surface area contributed by atoms with Gasteiger partial charge in [-0.15, -0.1) is 0 Å². The number of pyridine rings is 2. The highest BCUT2D eigenvalue weighted by atomic mass is 16.5. The van der Waals surface area contributed by atoms with Gasteiger partial charge in [0, 0.05) is 48.5 Å². The second-order valence-electron chi connectivity index (χ2n) is 10.2. The number of hydrogen-bond acceptors (Lipinski definition) is 7. The fourth-order valence-electron chi connectivity index (χ4n) is 4.60. The first-order valence-corrected chi connectivity index (χ1v) is 12.1. The van der Waals surface area contributed by atoms with Crippen LogP contribution in [0.25, 0.3) is 27.0 Å². The van der Waals surface area contributed by atoms with Crippen LogP contribution in [0, 0.1) is 6.57 Å². The quantitative estimate of drug-likeness (QED) is 0.313. The molecule has 1 aliphatic heterocycles. The normalized spacial score (nSPS) is 15.9. The van der Waals surface area contributed by atoms with Crippen LogP contribution < -0.4 is 10.1 Å². The van der Waals surface area contributed by atoms with Gasteiger partial charge >= 0.3 is 0 Å². The van der Waals surface area contributed by atoms with Crippen LogP contribution in [0.4, 0.5) is 17.5 Å². The maximum atomic E-state index is 7.32. The van der Waals surface area contributed by atoms with Crippen LogP contribution in [-0.2, 0) is 17.2 Å². The van der Waals surface area contributed by atoms with E-state index in [4.69, 9.17) is 21.1 Å². The minimum absolute atomic E-state index is 0.0660. The summed E-state index contributed by atoms with van der Waals surface area (Å²) in [7, 11) is 1.92. The zero-order chi connectivity index (χ0) is 25.7. The lowest BCUT2D eigenvalue weighted by molar-refractivity contribution is 0.183. The van der Waals surface area contributed by atoms with E-state index in [2.05, 4.69) is 61.6 Å². The third-order valence-corrected chi connectivity index (χ3v) is 6.55. The predicted molar refractivity (Wildman–Crippen MR) is 140 cm³/mol. The molecule has 6 rings (SSSR count). The number of fused-ring (bicyclic) bond motifs is 2. The van der Waals surface area contributed by atoms with Crippen LogP contribution >= 0.6 is 0 Å². The summed E-state index contributed by atoms with van der Waals surface area (Å²) in [6.07, 6.45) is 5.84. The zero-order valence-electron chi connectivity index (χ0n) is 21.1. The number of imidazole rings is 1. The van der Waals surface area contributed by atoms with Gasteiger partial charge in [0.25, 0.3) is 0 Å². The Balaban J connectivity index is 1.29. The molecule has 0 aliphatic carbocycles. The molecule has 5 aromatic heterocycles. The summed E-state index contributed by atoms with van der Waals surface area (Å²) in [4.78, 5) is 20.0. The summed E-state index contributed by atoms with van der Waals surface area (Å²) in [5.41, 5.74) is 3.62. The average molecular weight is 498 g/mol. The molecule has 188 valence electrons. The molecule has 0 amide bonds. The number of aromatic nitrogens is 7. The lowest BCUT2D eigenvalue weighted by Gasteiger charge is -2.22. The van der Waals surface area contributed by atoms with Crippen molar-refractivity contribution in [2.24, 2.45) is 7.05 Å². The maximum absolute atomic E-state index is 7.32. The summed E-state index contributed by atoms with van der Waals surface area (Å²) >= 11 is 0. The molecular weight excluding hydrogens is 470 g/mol. The topological polar surface area (TPSA) is 112 Å². The van der Waals surface area contributed by atoms with Gasteiger partial charge in [-0.2, -0.15) is 10.1 Å². The molecule has 0 radical (unpaired) electrons. The van der Waals surface area contributed by atoms with E-state index < -0.39 is 0 Å². The van der Waals surface area contributed by atoms with Gasteiger partial charge in [-0.25, -0.2) is 14.8 Å². The molecule has 1 atom stereocenters. The number of hydrogen-bond donors (Lipinski definition) is 2. The van der Waals surface area contributed by atoms with Crippen molar-refractivity contribution in [3.8, 4) is 11.5 Å². The number of nitrogens with zero attached hydrogens (tertiary/aromatic N) is 7. The summed E-state index contributed by atoms with van der Waals surface area (Å²) in [6, 6.07) is 6.00. The average Bonchev–Trinajstić information content (AvgIpc) is 3.65. The van der Waals surface area contributed by atoms with Crippen molar-refractivity contribution in [2.75, 3.05) is 18.5 Å². The lowest BCUT2D eigenvalue weighted by Crippen LogP contribution is -2.22. The molecule has 1 fully saturated rings. The van der Waals surface area contributed by atoms with Gasteiger partial charge in [-0.1, -0.05) is 20.8 Å². The van der Waals surface area contributed by atoms with E-state index in [0.717, 1.165) is 30.1 Å². The highest BCUT2D eigenvalue weighted by molar-refractivity contribution is 5.91. The molecule has 0 spiro atoms. The van der Waals surface area contributed by atoms with E-state index in [9.17, 15) is 0 Å². The van der Waals surface area contributed by atoms with Crippen LogP contribution in [0.15, 0.2) is 36.8 Å². The first kappa shape index (κ1) is 23.0. The molecule has 1 saturated heterocycles. The van der Waals surface area contributed by atoms with E-state index in [1.807, 2.05) is 17.7 Å². The summed E-state index contributed by atoms with van der Waals surface area (Å²) in [5, 5.41) is 8.96. The predicted octanol–water partition coefficient (Wildman–Crippen LogP) is 5.39. The highest BCUT2D eigenvalue weighted by Gasteiger charge is 2.28. The van der Waals surface area contributed by atoms with E-state index in [-0.39, 0.29) is 11.5 Å². The Morgan fingerprint density at radius 1 is 1.19 bits per heavy atom. The minimum Gasteiger partial charge on any atom is -0.454 e. The van der Waals surface area contributed by atoms with Crippen molar-refractivity contribution in [3.05, 3.63) is 53.9 Å². The van der Waals surface area contributed by atoms with E-state index in [1.54, 1.807) is 24.7 Å². The number of aromatic amines is 1. The summed E-state index contributed by atoms with van der Waals surface area (Å²) < 4.78 is 15.7. The molecule has 11 nitrogen and oxygen atoms in total. The number of H-pyrrole nitrogens is 1.